The first-order valence-corrected chi connectivity index (χ1v) is 10.2. The average molecular weight is 354 g/mol. The molecular weight excluding hydrogens is 324 g/mol. The van der Waals surface area contributed by atoms with Gasteiger partial charge in [0, 0.05) is 18.2 Å². The summed E-state index contributed by atoms with van der Waals surface area (Å²) in [5, 5.41) is 3.25. The van der Waals surface area contributed by atoms with Crippen LogP contribution in [0.25, 0.3) is 0 Å². The van der Waals surface area contributed by atoms with Crippen molar-refractivity contribution in [2.24, 2.45) is 5.92 Å². The number of carbonyl (C=O) groups excluding carboxylic acids is 2. The molecule has 1 N–H and O–H groups in total. The van der Waals surface area contributed by atoms with Crippen LogP contribution in [0.2, 0.25) is 0 Å². The third-order valence-electron chi connectivity index (χ3n) is 6.28. The van der Waals surface area contributed by atoms with E-state index < -0.39 is 0 Å². The van der Waals surface area contributed by atoms with Gasteiger partial charge in [0.15, 0.2) is 0 Å². The van der Waals surface area contributed by atoms with Crippen molar-refractivity contribution in [2.75, 3.05) is 6.54 Å². The lowest BCUT2D eigenvalue weighted by Gasteiger charge is -2.54. The van der Waals surface area contributed by atoms with E-state index in [1.165, 1.54) is 6.42 Å². The Labute approximate surface area is 156 Å². The Morgan fingerprint density at radius 3 is 2.54 bits per heavy atom. The first-order valence-electron chi connectivity index (χ1n) is 10.2. The molecule has 4 nitrogen and oxygen atoms in total. The first-order chi connectivity index (χ1) is 12.5. The summed E-state index contributed by atoms with van der Waals surface area (Å²) < 4.78 is 0. The lowest BCUT2D eigenvalue weighted by atomic mass is 9.65. The van der Waals surface area contributed by atoms with Crippen molar-refractivity contribution in [2.45, 2.75) is 76.3 Å². The number of hydrogen-bond acceptors (Lipinski definition) is 2. The molecule has 4 heteroatoms. The molecule has 2 fully saturated rings. The summed E-state index contributed by atoms with van der Waals surface area (Å²) in [6, 6.07) is 8.13. The highest BCUT2D eigenvalue weighted by Crippen LogP contribution is 2.49. The van der Waals surface area contributed by atoms with E-state index >= 15 is 0 Å². The van der Waals surface area contributed by atoms with Crippen LogP contribution in [-0.2, 0) is 4.79 Å². The number of nitrogens with one attached hydrogen (secondary N) is 1. The predicted octanol–water partition coefficient (Wildman–Crippen LogP) is 3.86. The zero-order valence-corrected chi connectivity index (χ0v) is 16.0. The number of rotatable bonds is 4. The van der Waals surface area contributed by atoms with Crippen molar-refractivity contribution >= 4 is 11.8 Å². The molecule has 2 amide bonds. The van der Waals surface area contributed by atoms with Gasteiger partial charge in [-0.25, -0.2) is 0 Å². The monoisotopic (exact) mass is 354 g/mol. The third-order valence-corrected chi connectivity index (χ3v) is 6.28. The summed E-state index contributed by atoms with van der Waals surface area (Å²) in [6.45, 7) is 5.04. The molecule has 1 unspecified atom stereocenters. The molecule has 2 aliphatic carbocycles. The number of carbonyl (C=O) groups is 2. The van der Waals surface area contributed by atoms with E-state index in [9.17, 15) is 9.59 Å². The maximum Gasteiger partial charge on any atom is 0.254 e. The molecule has 0 aromatic heterocycles. The van der Waals surface area contributed by atoms with Crippen LogP contribution in [0.1, 0.15) is 80.6 Å². The second-order valence-electron chi connectivity index (χ2n) is 8.78. The predicted molar refractivity (Wildman–Crippen MR) is 102 cm³/mol. The Bertz CT molecular complexity index is 702. The van der Waals surface area contributed by atoms with Crippen molar-refractivity contribution in [1.82, 2.24) is 10.2 Å². The van der Waals surface area contributed by atoms with Gasteiger partial charge < -0.3 is 10.2 Å². The van der Waals surface area contributed by atoms with E-state index in [0.29, 0.717) is 12.0 Å². The summed E-state index contributed by atoms with van der Waals surface area (Å²) in [5.74, 6) is 0.390. The molecule has 1 heterocycles. The number of benzene rings is 1. The van der Waals surface area contributed by atoms with Gasteiger partial charge in [0.05, 0.1) is 11.5 Å². The van der Waals surface area contributed by atoms with Crippen LogP contribution in [0.4, 0.5) is 0 Å². The van der Waals surface area contributed by atoms with Crippen LogP contribution in [0.15, 0.2) is 24.3 Å². The Hall–Kier alpha value is -1.84. The van der Waals surface area contributed by atoms with Crippen molar-refractivity contribution in [3.63, 3.8) is 0 Å². The van der Waals surface area contributed by atoms with E-state index in [1.54, 1.807) is 0 Å². The molecule has 2 saturated carbocycles. The molecule has 3 aliphatic rings. The summed E-state index contributed by atoms with van der Waals surface area (Å²) in [7, 11) is 0. The van der Waals surface area contributed by atoms with E-state index in [4.69, 9.17) is 0 Å². The topological polar surface area (TPSA) is 49.4 Å². The van der Waals surface area contributed by atoms with Crippen LogP contribution in [0.5, 0.6) is 0 Å². The van der Waals surface area contributed by atoms with E-state index in [2.05, 4.69) is 24.1 Å². The van der Waals surface area contributed by atoms with Crippen molar-refractivity contribution in [3.8, 4) is 0 Å². The second-order valence-corrected chi connectivity index (χ2v) is 8.78. The second kappa shape index (κ2) is 6.71. The quantitative estimate of drug-likeness (QED) is 0.892. The zero-order chi connectivity index (χ0) is 18.3. The van der Waals surface area contributed by atoms with Gasteiger partial charge in [0.25, 0.3) is 5.91 Å². The molecule has 4 rings (SSSR count). The Morgan fingerprint density at radius 1 is 1.19 bits per heavy atom. The fourth-order valence-electron chi connectivity index (χ4n) is 4.99. The smallest absolute Gasteiger partial charge is 0.254 e. The minimum Gasteiger partial charge on any atom is -0.353 e. The average Bonchev–Trinajstić information content (AvgIpc) is 3.43. The van der Waals surface area contributed by atoms with Gasteiger partial charge in [-0.05, 0) is 43.2 Å². The van der Waals surface area contributed by atoms with E-state index in [0.717, 1.165) is 56.2 Å². The van der Waals surface area contributed by atoms with E-state index in [-0.39, 0.29) is 23.3 Å². The molecule has 1 aromatic carbocycles. The van der Waals surface area contributed by atoms with E-state index in [1.807, 2.05) is 24.3 Å². The molecular formula is C22H30N2O2. The molecule has 0 saturated heterocycles. The van der Waals surface area contributed by atoms with Crippen LogP contribution in [0, 0.1) is 5.92 Å². The van der Waals surface area contributed by atoms with Crippen molar-refractivity contribution in [3.05, 3.63) is 35.4 Å². The van der Waals surface area contributed by atoms with Crippen LogP contribution in [-0.4, -0.2) is 34.8 Å². The van der Waals surface area contributed by atoms with Crippen LogP contribution < -0.4 is 5.32 Å². The van der Waals surface area contributed by atoms with Crippen molar-refractivity contribution in [1.29, 1.82) is 0 Å². The van der Waals surface area contributed by atoms with Crippen LogP contribution >= 0.6 is 0 Å². The molecule has 1 spiro atoms. The molecule has 1 aliphatic heterocycles. The normalized spacial score (nSPS) is 24.7. The van der Waals surface area contributed by atoms with Crippen molar-refractivity contribution < 1.29 is 9.59 Å². The zero-order valence-electron chi connectivity index (χ0n) is 16.0. The summed E-state index contributed by atoms with van der Waals surface area (Å²) in [6.07, 6.45) is 7.42. The van der Waals surface area contributed by atoms with Gasteiger partial charge in [0.2, 0.25) is 5.91 Å². The lowest BCUT2D eigenvalue weighted by Crippen LogP contribution is -2.63. The molecule has 0 bridgehead atoms. The minimum atomic E-state index is -0.354. The minimum absolute atomic E-state index is 0.117. The highest BCUT2D eigenvalue weighted by molar-refractivity contribution is 6.02. The summed E-state index contributed by atoms with van der Waals surface area (Å²) in [5.41, 5.74) is 1.31. The number of nitrogens with zero attached hydrogens (tertiary/aromatic N) is 1. The van der Waals surface area contributed by atoms with Gasteiger partial charge in [-0.3, -0.25) is 9.59 Å². The molecule has 1 aromatic rings. The highest BCUT2D eigenvalue weighted by Gasteiger charge is 2.54. The van der Waals surface area contributed by atoms with Gasteiger partial charge in [0.1, 0.15) is 0 Å². The van der Waals surface area contributed by atoms with Gasteiger partial charge in [-0.1, -0.05) is 51.3 Å². The highest BCUT2D eigenvalue weighted by atomic mass is 16.2. The molecule has 140 valence electrons. The summed E-state index contributed by atoms with van der Waals surface area (Å²) in [4.78, 5) is 28.9. The lowest BCUT2D eigenvalue weighted by molar-refractivity contribution is -0.127. The largest absolute Gasteiger partial charge is 0.353 e. The SMILES string of the molecule is CC(C)CN1C(=O)c2ccccc2C(C(=O)NC2CC2)C12CCCCC2. The van der Waals surface area contributed by atoms with Gasteiger partial charge in [-0.2, -0.15) is 0 Å². The fourth-order valence-corrected chi connectivity index (χ4v) is 4.99. The standard InChI is InChI=1S/C22H30N2O2/c1-15(2)14-24-21(26)18-9-5-4-8-17(18)19(20(25)23-16-10-11-16)22(24)12-6-3-7-13-22/h4-5,8-9,15-16,19H,3,6-7,10-14H2,1-2H3,(H,23,25). The maximum absolute atomic E-state index is 13.4. The number of hydrogen-bond donors (Lipinski definition) is 1. The van der Waals surface area contributed by atoms with Gasteiger partial charge >= 0.3 is 0 Å². The van der Waals surface area contributed by atoms with Gasteiger partial charge in [-0.15, -0.1) is 0 Å². The number of amides is 2. The molecule has 0 radical (unpaired) electrons. The molecule has 1 atom stereocenters. The Balaban J connectivity index is 1.83. The third kappa shape index (κ3) is 2.93. The first kappa shape index (κ1) is 17.6. The molecule has 26 heavy (non-hydrogen) atoms. The maximum atomic E-state index is 13.4. The number of fused-ring (bicyclic) bond motifs is 1. The summed E-state index contributed by atoms with van der Waals surface area (Å²) >= 11 is 0. The fraction of sp³-hybridized carbons (Fsp3) is 0.636. The Morgan fingerprint density at radius 2 is 1.88 bits per heavy atom. The Kier molecular flexibility index (Phi) is 4.54. The van der Waals surface area contributed by atoms with Crippen LogP contribution in [0.3, 0.4) is 0 Å².